The summed E-state index contributed by atoms with van der Waals surface area (Å²) in [6.45, 7) is 3.36. The number of rotatable bonds is 5. The van der Waals surface area contributed by atoms with Crippen LogP contribution in [0.25, 0.3) is 0 Å². The Balaban J connectivity index is 1.68. The van der Waals surface area contributed by atoms with Gasteiger partial charge in [-0.2, -0.15) is 0 Å². The van der Waals surface area contributed by atoms with Crippen molar-refractivity contribution in [3.63, 3.8) is 0 Å². The quantitative estimate of drug-likeness (QED) is 0.744. The third-order valence-electron chi connectivity index (χ3n) is 2.61. The van der Waals surface area contributed by atoms with Gasteiger partial charge in [0.05, 0.1) is 6.33 Å². The molecule has 1 atom stereocenters. The zero-order chi connectivity index (χ0) is 9.10. The van der Waals surface area contributed by atoms with E-state index in [1.165, 1.54) is 19.3 Å². The maximum absolute atomic E-state index is 4.04. The second-order valence-electron chi connectivity index (χ2n) is 3.88. The lowest BCUT2D eigenvalue weighted by molar-refractivity contribution is 0.481. The van der Waals surface area contributed by atoms with E-state index in [4.69, 9.17) is 0 Å². The number of imidazole rings is 1. The molecule has 1 aliphatic rings. The van der Waals surface area contributed by atoms with Crippen LogP contribution in [0.4, 0.5) is 0 Å². The Labute approximate surface area is 79.2 Å². The number of nitrogens with one attached hydrogen (secondary N) is 1. The Morgan fingerprint density at radius 2 is 2.46 bits per heavy atom. The fourth-order valence-corrected chi connectivity index (χ4v) is 1.46. The average molecular weight is 179 g/mol. The Morgan fingerprint density at radius 3 is 3.08 bits per heavy atom. The monoisotopic (exact) mass is 179 g/mol. The minimum Gasteiger partial charge on any atom is -0.335 e. The van der Waals surface area contributed by atoms with Crippen LogP contribution in [0, 0.1) is 0 Å². The van der Waals surface area contributed by atoms with Crippen molar-refractivity contribution in [1.82, 2.24) is 14.9 Å². The standard InChI is InChI=1S/C10H17N3/c1-9(13-7-6-11-8-13)4-5-12-10-2-3-10/h6-10,12H,2-5H2,1H3. The van der Waals surface area contributed by atoms with E-state index in [1.54, 1.807) is 0 Å². The maximum atomic E-state index is 4.04. The molecular formula is C10H17N3. The van der Waals surface area contributed by atoms with Gasteiger partial charge in [-0.25, -0.2) is 4.98 Å². The van der Waals surface area contributed by atoms with E-state index in [9.17, 15) is 0 Å². The fraction of sp³-hybridized carbons (Fsp3) is 0.700. The topological polar surface area (TPSA) is 29.9 Å². The number of aromatic nitrogens is 2. The molecule has 0 radical (unpaired) electrons. The summed E-state index contributed by atoms with van der Waals surface area (Å²) in [5.41, 5.74) is 0. The first kappa shape index (κ1) is 8.75. The van der Waals surface area contributed by atoms with Crippen molar-refractivity contribution in [1.29, 1.82) is 0 Å². The van der Waals surface area contributed by atoms with Crippen LogP contribution in [-0.2, 0) is 0 Å². The van der Waals surface area contributed by atoms with Crippen molar-refractivity contribution in [2.75, 3.05) is 6.54 Å². The van der Waals surface area contributed by atoms with Crippen molar-refractivity contribution >= 4 is 0 Å². The van der Waals surface area contributed by atoms with E-state index in [1.807, 2.05) is 18.7 Å². The average Bonchev–Trinajstić information content (AvgIpc) is 2.80. The lowest BCUT2D eigenvalue weighted by atomic mass is 10.2. The van der Waals surface area contributed by atoms with Gasteiger partial charge in [0.2, 0.25) is 0 Å². The number of nitrogens with zero attached hydrogens (tertiary/aromatic N) is 2. The Kier molecular flexibility index (Phi) is 2.64. The van der Waals surface area contributed by atoms with Crippen molar-refractivity contribution in [3.8, 4) is 0 Å². The van der Waals surface area contributed by atoms with E-state index in [0.717, 1.165) is 12.6 Å². The van der Waals surface area contributed by atoms with Gasteiger partial charge >= 0.3 is 0 Å². The molecule has 1 saturated carbocycles. The first-order chi connectivity index (χ1) is 6.36. The molecule has 1 heterocycles. The summed E-state index contributed by atoms with van der Waals surface area (Å²) < 4.78 is 2.16. The highest BCUT2D eigenvalue weighted by Gasteiger charge is 2.19. The second kappa shape index (κ2) is 3.92. The fourth-order valence-electron chi connectivity index (χ4n) is 1.46. The van der Waals surface area contributed by atoms with Crippen LogP contribution >= 0.6 is 0 Å². The summed E-state index contributed by atoms with van der Waals surface area (Å²) in [5, 5.41) is 3.52. The smallest absolute Gasteiger partial charge is 0.0948 e. The van der Waals surface area contributed by atoms with Gasteiger partial charge in [0.25, 0.3) is 0 Å². The van der Waals surface area contributed by atoms with Gasteiger partial charge in [0.15, 0.2) is 0 Å². The van der Waals surface area contributed by atoms with Crippen LogP contribution in [-0.4, -0.2) is 22.1 Å². The van der Waals surface area contributed by atoms with E-state index >= 15 is 0 Å². The highest BCUT2D eigenvalue weighted by Crippen LogP contribution is 2.19. The normalized spacial score (nSPS) is 18.8. The van der Waals surface area contributed by atoms with Gasteiger partial charge in [-0.3, -0.25) is 0 Å². The number of hydrogen-bond donors (Lipinski definition) is 1. The van der Waals surface area contributed by atoms with E-state index in [-0.39, 0.29) is 0 Å². The Bertz CT molecular complexity index is 239. The van der Waals surface area contributed by atoms with Gasteiger partial charge in [-0.1, -0.05) is 0 Å². The summed E-state index contributed by atoms with van der Waals surface area (Å²) in [4.78, 5) is 4.04. The lowest BCUT2D eigenvalue weighted by Gasteiger charge is -2.12. The molecule has 1 aliphatic carbocycles. The molecule has 2 rings (SSSR count). The molecule has 1 aromatic rings. The minimum absolute atomic E-state index is 0.564. The molecule has 1 unspecified atom stereocenters. The first-order valence-corrected chi connectivity index (χ1v) is 5.07. The molecule has 1 N–H and O–H groups in total. The molecule has 3 heteroatoms. The van der Waals surface area contributed by atoms with Crippen LogP contribution in [0.5, 0.6) is 0 Å². The van der Waals surface area contributed by atoms with Crippen LogP contribution in [0.2, 0.25) is 0 Å². The summed E-state index contributed by atoms with van der Waals surface area (Å²) in [5.74, 6) is 0. The highest BCUT2D eigenvalue weighted by molar-refractivity contribution is 4.82. The van der Waals surface area contributed by atoms with Crippen molar-refractivity contribution < 1.29 is 0 Å². The van der Waals surface area contributed by atoms with E-state index in [2.05, 4.69) is 21.8 Å². The molecule has 0 aliphatic heterocycles. The predicted molar refractivity (Wildman–Crippen MR) is 52.6 cm³/mol. The van der Waals surface area contributed by atoms with Crippen LogP contribution in [0.3, 0.4) is 0 Å². The zero-order valence-electron chi connectivity index (χ0n) is 8.11. The second-order valence-corrected chi connectivity index (χ2v) is 3.88. The minimum atomic E-state index is 0.564. The maximum Gasteiger partial charge on any atom is 0.0948 e. The van der Waals surface area contributed by atoms with Crippen molar-refractivity contribution in [2.24, 2.45) is 0 Å². The molecule has 0 aromatic carbocycles. The third-order valence-corrected chi connectivity index (χ3v) is 2.61. The predicted octanol–water partition coefficient (Wildman–Crippen LogP) is 1.59. The van der Waals surface area contributed by atoms with Crippen molar-refractivity contribution in [3.05, 3.63) is 18.7 Å². The summed E-state index contributed by atoms with van der Waals surface area (Å²) in [6, 6.07) is 1.39. The van der Waals surface area contributed by atoms with E-state index in [0.29, 0.717) is 6.04 Å². The number of hydrogen-bond acceptors (Lipinski definition) is 2. The SMILES string of the molecule is CC(CCNC1CC1)n1ccnc1. The Hall–Kier alpha value is -0.830. The molecule has 0 bridgehead atoms. The third kappa shape index (κ3) is 2.56. The zero-order valence-corrected chi connectivity index (χ0v) is 8.11. The molecule has 0 saturated heterocycles. The van der Waals surface area contributed by atoms with Gasteiger partial charge in [-0.05, 0) is 32.7 Å². The molecule has 0 spiro atoms. The molecule has 1 fully saturated rings. The van der Waals surface area contributed by atoms with Crippen LogP contribution in [0.1, 0.15) is 32.2 Å². The summed E-state index contributed by atoms with van der Waals surface area (Å²) >= 11 is 0. The largest absolute Gasteiger partial charge is 0.335 e. The van der Waals surface area contributed by atoms with Gasteiger partial charge in [-0.15, -0.1) is 0 Å². The molecule has 0 amide bonds. The van der Waals surface area contributed by atoms with Gasteiger partial charge in [0, 0.05) is 24.5 Å². The highest BCUT2D eigenvalue weighted by atomic mass is 15.1. The summed E-state index contributed by atoms with van der Waals surface area (Å²) in [6.07, 6.45) is 9.69. The first-order valence-electron chi connectivity index (χ1n) is 5.07. The molecule has 3 nitrogen and oxygen atoms in total. The van der Waals surface area contributed by atoms with Crippen LogP contribution in [0.15, 0.2) is 18.7 Å². The Morgan fingerprint density at radius 1 is 1.62 bits per heavy atom. The van der Waals surface area contributed by atoms with Gasteiger partial charge in [0.1, 0.15) is 0 Å². The molecule has 72 valence electrons. The lowest BCUT2D eigenvalue weighted by Crippen LogP contribution is -2.20. The summed E-state index contributed by atoms with van der Waals surface area (Å²) in [7, 11) is 0. The van der Waals surface area contributed by atoms with Crippen molar-refractivity contribution in [2.45, 2.75) is 38.3 Å². The molecule has 1 aromatic heterocycles. The van der Waals surface area contributed by atoms with Crippen LogP contribution < -0.4 is 5.32 Å². The van der Waals surface area contributed by atoms with Gasteiger partial charge < -0.3 is 9.88 Å². The molecule has 13 heavy (non-hydrogen) atoms. The molecular weight excluding hydrogens is 162 g/mol. The van der Waals surface area contributed by atoms with E-state index < -0.39 is 0 Å².